The van der Waals surface area contributed by atoms with Gasteiger partial charge in [0.15, 0.2) is 0 Å². The maximum atomic E-state index is 2.54. The van der Waals surface area contributed by atoms with E-state index in [9.17, 15) is 0 Å². The number of aromatic nitrogens is 1. The summed E-state index contributed by atoms with van der Waals surface area (Å²) in [4.78, 5) is 9.34. The van der Waals surface area contributed by atoms with Crippen LogP contribution in [0.25, 0.3) is 21.8 Å². The molecule has 4 heterocycles. The third-order valence-electron chi connectivity index (χ3n) is 9.23. The van der Waals surface area contributed by atoms with Crippen molar-refractivity contribution in [3.05, 3.63) is 121 Å². The molecule has 0 amide bonds. The zero-order valence-electron chi connectivity index (χ0n) is 28.4. The van der Waals surface area contributed by atoms with Crippen LogP contribution >= 0.6 is 0 Å². The number of benzene rings is 4. The van der Waals surface area contributed by atoms with Crippen LogP contribution in [0.15, 0.2) is 110 Å². The van der Waals surface area contributed by atoms with Crippen molar-refractivity contribution in [1.29, 1.82) is 0 Å². The summed E-state index contributed by atoms with van der Waals surface area (Å²) in [7, 11) is 4.34. The molecule has 0 aliphatic carbocycles. The summed E-state index contributed by atoms with van der Waals surface area (Å²) < 4.78 is 5.18. The quantitative estimate of drug-likeness (QED) is 0.169. The summed E-state index contributed by atoms with van der Waals surface area (Å²) >= 11 is -0.537. The van der Waals surface area contributed by atoms with E-state index in [0.717, 1.165) is 22.7 Å². The molecule has 6 nitrogen and oxygen atoms in total. The molecule has 5 aromatic rings. The van der Waals surface area contributed by atoms with Crippen LogP contribution in [0.2, 0.25) is 0 Å². The van der Waals surface area contributed by atoms with E-state index in [4.69, 9.17) is 0 Å². The fourth-order valence-electron chi connectivity index (χ4n) is 6.95. The van der Waals surface area contributed by atoms with Gasteiger partial charge in [-0.05, 0) is 0 Å². The van der Waals surface area contributed by atoms with Crippen molar-refractivity contribution in [2.75, 3.05) is 28.9 Å². The second-order valence-electron chi connectivity index (χ2n) is 14.7. The van der Waals surface area contributed by atoms with Crippen LogP contribution in [0.4, 0.5) is 22.7 Å². The molecule has 0 fully saturated rings. The first-order chi connectivity index (χ1) is 22.4. The normalized spacial score (nSPS) is 16.6. The summed E-state index contributed by atoms with van der Waals surface area (Å²) in [5.74, 6) is 0. The molecule has 4 aromatic carbocycles. The monoisotopic (exact) mass is 801 g/mol. The van der Waals surface area contributed by atoms with Gasteiger partial charge < -0.3 is 0 Å². The van der Waals surface area contributed by atoms with E-state index < -0.39 is 17.6 Å². The van der Waals surface area contributed by atoms with Crippen molar-refractivity contribution in [2.24, 2.45) is 0 Å². The molecule has 0 unspecified atom stereocenters. The van der Waals surface area contributed by atoms with Gasteiger partial charge in [-0.3, -0.25) is 0 Å². The second-order valence-corrected chi connectivity index (χ2v) is 17.3. The molecule has 3 aliphatic heterocycles. The first kappa shape index (κ1) is 30.0. The van der Waals surface area contributed by atoms with Gasteiger partial charge in [-0.15, -0.1) is 0 Å². The standard InChI is InChI=1S/C40H42N6.Pt/c1-39(2,3)35-19-11-17-33-34-18-12-20-36(40(4,5)6)38(34)46(37(33)35)45(31-15-9-13-29(25-31)43-23-21-41(7)27-43)32-16-10-14-30(26-32)44-24-22-42(8)28-44;/h9-26H,1-8H3;. The van der Waals surface area contributed by atoms with Gasteiger partial charge in [0.25, 0.3) is 0 Å². The Kier molecular flexibility index (Phi) is 6.72. The molecular formula is C40H42N6Pt. The Morgan fingerprint density at radius 3 is 1.32 bits per heavy atom. The van der Waals surface area contributed by atoms with Crippen LogP contribution in [0, 0.1) is 0 Å². The fraction of sp³-hybridized carbons (Fsp3) is 0.250. The minimum atomic E-state index is -0.537. The molecule has 8 rings (SSSR count). The third-order valence-corrected chi connectivity index (χ3v) is 12.9. The Bertz CT molecular complexity index is 2070. The zero-order chi connectivity index (χ0) is 32.8. The summed E-state index contributed by atoms with van der Waals surface area (Å²) in [5, 5.41) is 5.02. The Morgan fingerprint density at radius 1 is 0.489 bits per heavy atom. The molecule has 0 saturated carbocycles. The number of hydrogen-bond acceptors (Lipinski definition) is 5. The number of fused-ring (bicyclic) bond motifs is 11. The summed E-state index contributed by atoms with van der Waals surface area (Å²) in [5.41, 5.74) is 9.57. The molecule has 47 heavy (non-hydrogen) atoms. The van der Waals surface area contributed by atoms with E-state index in [-0.39, 0.29) is 10.8 Å². The first-order valence-corrected chi connectivity index (χ1v) is 18.5. The van der Waals surface area contributed by atoms with Gasteiger partial charge in [0.2, 0.25) is 0 Å². The fourth-order valence-corrected chi connectivity index (χ4v) is 10.0. The number of para-hydroxylation sites is 2. The Hall–Kier alpha value is -4.41. The topological polar surface area (TPSA) is 21.1 Å². The van der Waals surface area contributed by atoms with E-state index >= 15 is 0 Å². The van der Waals surface area contributed by atoms with Gasteiger partial charge in [0, 0.05) is 0 Å². The predicted molar refractivity (Wildman–Crippen MR) is 196 cm³/mol. The van der Waals surface area contributed by atoms with E-state index in [1.807, 2.05) is 0 Å². The number of nitrogens with zero attached hydrogens (tertiary/aromatic N) is 6. The van der Waals surface area contributed by atoms with Crippen molar-refractivity contribution in [3.63, 3.8) is 0 Å². The zero-order valence-corrected chi connectivity index (χ0v) is 30.7. The molecule has 242 valence electrons. The summed E-state index contributed by atoms with van der Waals surface area (Å²) in [6, 6.07) is 31.9. The Morgan fingerprint density at radius 2 is 0.894 bits per heavy atom. The number of rotatable bonds is 1. The van der Waals surface area contributed by atoms with E-state index in [1.54, 1.807) is 0 Å². The predicted octanol–water partition coefficient (Wildman–Crippen LogP) is 8.71. The Labute approximate surface area is 285 Å². The average Bonchev–Trinajstić information content (AvgIpc) is 3.70. The van der Waals surface area contributed by atoms with Crippen molar-refractivity contribution < 1.29 is 17.6 Å². The molecule has 0 saturated heterocycles. The van der Waals surface area contributed by atoms with E-state index in [2.05, 4.69) is 195 Å². The molecule has 0 radical (unpaired) electrons. The van der Waals surface area contributed by atoms with Crippen LogP contribution in [0.5, 0.6) is 0 Å². The first-order valence-electron chi connectivity index (χ1n) is 16.2. The van der Waals surface area contributed by atoms with Gasteiger partial charge in [0.05, 0.1) is 0 Å². The van der Waals surface area contributed by atoms with Crippen LogP contribution in [0.3, 0.4) is 0 Å². The molecule has 3 aliphatic rings. The van der Waals surface area contributed by atoms with Gasteiger partial charge >= 0.3 is 287 Å². The van der Waals surface area contributed by atoms with Crippen LogP contribution in [-0.2, 0) is 28.5 Å². The van der Waals surface area contributed by atoms with Gasteiger partial charge in [-0.1, -0.05) is 0 Å². The number of hydrogen-bond donors (Lipinski definition) is 0. The SMILES string of the molecule is CN1C=CN2[C]1=[Pt]=[C]1N(C)C=CN1c1cccc(c1)N(n1c3c(C(C)(C)C)cccc3c3cccc(C(C)(C)C)c31)c1cccc2c1. The van der Waals surface area contributed by atoms with Gasteiger partial charge in [0.1, 0.15) is 0 Å². The molecule has 0 N–H and O–H groups in total. The van der Waals surface area contributed by atoms with E-state index in [0.29, 0.717) is 0 Å². The molecule has 0 spiro atoms. The van der Waals surface area contributed by atoms with E-state index in [1.165, 1.54) is 41.2 Å². The third kappa shape index (κ3) is 4.71. The number of anilines is 4. The molecule has 7 heteroatoms. The molecular weight excluding hydrogens is 760 g/mol. The molecule has 0 atom stereocenters. The van der Waals surface area contributed by atoms with Gasteiger partial charge in [-0.25, -0.2) is 0 Å². The molecule has 4 bridgehead atoms. The summed E-state index contributed by atoms with van der Waals surface area (Å²) in [6.07, 6.45) is 8.80. The van der Waals surface area contributed by atoms with Crippen molar-refractivity contribution >= 4 is 52.8 Å². The van der Waals surface area contributed by atoms with Crippen LogP contribution in [-0.4, -0.2) is 36.9 Å². The summed E-state index contributed by atoms with van der Waals surface area (Å²) in [6.45, 7) is 14.0. The Balaban J connectivity index is 1.54. The van der Waals surface area contributed by atoms with Crippen LogP contribution < -0.4 is 14.8 Å². The van der Waals surface area contributed by atoms with Crippen molar-refractivity contribution in [1.82, 2.24) is 14.5 Å². The van der Waals surface area contributed by atoms with Crippen molar-refractivity contribution in [2.45, 2.75) is 52.4 Å². The van der Waals surface area contributed by atoms with Crippen LogP contribution in [0.1, 0.15) is 52.7 Å². The van der Waals surface area contributed by atoms with Gasteiger partial charge in [-0.2, -0.15) is 0 Å². The minimum absolute atomic E-state index is 0.0724. The average molecular weight is 802 g/mol. The second kappa shape index (κ2) is 10.5. The maximum absolute atomic E-state index is 2.54. The van der Waals surface area contributed by atoms with Crippen molar-refractivity contribution in [3.8, 4) is 0 Å². The molecule has 1 aromatic heterocycles.